The van der Waals surface area contributed by atoms with Crippen LogP contribution in [-0.2, 0) is 16.0 Å². The van der Waals surface area contributed by atoms with Gasteiger partial charge in [0.25, 0.3) is 0 Å². The van der Waals surface area contributed by atoms with E-state index < -0.39 is 18.1 Å². The van der Waals surface area contributed by atoms with Crippen LogP contribution in [0.25, 0.3) is 11.1 Å². The van der Waals surface area contributed by atoms with Crippen molar-refractivity contribution in [1.82, 2.24) is 5.32 Å². The summed E-state index contributed by atoms with van der Waals surface area (Å²) in [6.45, 7) is 0.124. The van der Waals surface area contributed by atoms with E-state index in [0.29, 0.717) is 17.9 Å². The van der Waals surface area contributed by atoms with E-state index in [1.807, 2.05) is 42.5 Å². The summed E-state index contributed by atoms with van der Waals surface area (Å²) in [4.78, 5) is 24.3. The SMILES string of the molecule is COc1ccc(CC[C@H](NC(=O)OCC2c3ccccc3-c3ccccc32)C(=O)O)c(OC)c1. The summed E-state index contributed by atoms with van der Waals surface area (Å²) in [5.41, 5.74) is 5.27. The van der Waals surface area contributed by atoms with Gasteiger partial charge in [-0.1, -0.05) is 54.6 Å². The molecule has 0 aromatic heterocycles. The third-order valence-electron chi connectivity index (χ3n) is 6.13. The van der Waals surface area contributed by atoms with E-state index in [9.17, 15) is 14.7 Å². The van der Waals surface area contributed by atoms with Crippen LogP contribution in [0.5, 0.6) is 11.5 Å². The fourth-order valence-corrected chi connectivity index (χ4v) is 4.40. The van der Waals surface area contributed by atoms with Crippen LogP contribution < -0.4 is 14.8 Å². The standard InChI is InChI=1S/C27H27NO6/c1-32-18-13-11-17(25(15-18)33-2)12-14-24(26(29)30)28-27(31)34-16-23-21-9-5-3-7-19(21)20-8-4-6-10-22(20)23/h3-11,13,15,23-24H,12,14,16H2,1-2H3,(H,28,31)(H,29,30)/t24-/m0/s1. The van der Waals surface area contributed by atoms with E-state index in [1.165, 1.54) is 0 Å². The molecule has 1 amide bonds. The Bertz CT molecular complexity index is 1150. The largest absolute Gasteiger partial charge is 0.497 e. The first-order valence-electron chi connectivity index (χ1n) is 11.1. The van der Waals surface area contributed by atoms with Gasteiger partial charge in [-0.3, -0.25) is 0 Å². The van der Waals surface area contributed by atoms with E-state index in [-0.39, 0.29) is 18.9 Å². The van der Waals surface area contributed by atoms with Gasteiger partial charge in [-0.2, -0.15) is 0 Å². The molecular weight excluding hydrogens is 434 g/mol. The van der Waals surface area contributed by atoms with E-state index in [4.69, 9.17) is 14.2 Å². The number of carbonyl (C=O) groups is 2. The molecule has 0 aliphatic heterocycles. The second-order valence-electron chi connectivity index (χ2n) is 8.08. The van der Waals surface area contributed by atoms with E-state index >= 15 is 0 Å². The van der Waals surface area contributed by atoms with Crippen molar-refractivity contribution < 1.29 is 28.9 Å². The molecule has 0 radical (unpaired) electrons. The number of fused-ring (bicyclic) bond motifs is 3. The second-order valence-corrected chi connectivity index (χ2v) is 8.08. The molecule has 0 unspecified atom stereocenters. The summed E-state index contributed by atoms with van der Waals surface area (Å²) in [5, 5.41) is 12.1. The summed E-state index contributed by atoms with van der Waals surface area (Å²) in [6, 6.07) is 20.3. The van der Waals surface area contributed by atoms with Gasteiger partial charge < -0.3 is 24.6 Å². The summed E-state index contributed by atoms with van der Waals surface area (Å²) >= 11 is 0. The maximum atomic E-state index is 12.5. The van der Waals surface area contributed by atoms with Crippen molar-refractivity contribution in [1.29, 1.82) is 0 Å². The molecule has 3 aromatic rings. The van der Waals surface area contributed by atoms with Gasteiger partial charge in [0.2, 0.25) is 0 Å². The van der Waals surface area contributed by atoms with E-state index in [0.717, 1.165) is 27.8 Å². The summed E-state index contributed by atoms with van der Waals surface area (Å²) in [6.07, 6.45) is -0.174. The van der Waals surface area contributed by atoms with Gasteiger partial charge in [-0.05, 0) is 46.7 Å². The number of carboxylic acid groups (broad SMARTS) is 1. The Hall–Kier alpha value is -4.00. The first kappa shape index (κ1) is 23.2. The van der Waals surface area contributed by atoms with Crippen LogP contribution in [0.3, 0.4) is 0 Å². The van der Waals surface area contributed by atoms with Crippen LogP contribution >= 0.6 is 0 Å². The summed E-state index contributed by atoms with van der Waals surface area (Å²) < 4.78 is 16.1. The number of rotatable bonds is 9. The van der Waals surface area contributed by atoms with Gasteiger partial charge in [0.1, 0.15) is 24.1 Å². The molecule has 0 fully saturated rings. The van der Waals surface area contributed by atoms with Crippen molar-refractivity contribution in [3.63, 3.8) is 0 Å². The van der Waals surface area contributed by atoms with Crippen molar-refractivity contribution in [2.45, 2.75) is 24.8 Å². The Morgan fingerprint density at radius 2 is 1.59 bits per heavy atom. The molecule has 0 spiro atoms. The highest BCUT2D eigenvalue weighted by Crippen LogP contribution is 2.44. The fourth-order valence-electron chi connectivity index (χ4n) is 4.40. The van der Waals surface area contributed by atoms with Gasteiger partial charge in [-0.25, -0.2) is 9.59 Å². The number of amides is 1. The quantitative estimate of drug-likeness (QED) is 0.483. The van der Waals surface area contributed by atoms with Gasteiger partial charge in [0.15, 0.2) is 0 Å². The number of aliphatic carboxylic acids is 1. The summed E-state index contributed by atoms with van der Waals surface area (Å²) in [7, 11) is 3.11. The molecule has 0 saturated heterocycles. The van der Waals surface area contributed by atoms with Gasteiger partial charge in [-0.15, -0.1) is 0 Å². The molecule has 176 valence electrons. The first-order valence-corrected chi connectivity index (χ1v) is 11.1. The lowest BCUT2D eigenvalue weighted by atomic mass is 9.98. The Morgan fingerprint density at radius 1 is 0.941 bits per heavy atom. The number of hydrogen-bond acceptors (Lipinski definition) is 5. The van der Waals surface area contributed by atoms with E-state index in [1.54, 1.807) is 26.4 Å². The van der Waals surface area contributed by atoms with E-state index in [2.05, 4.69) is 17.4 Å². The molecule has 4 rings (SSSR count). The lowest BCUT2D eigenvalue weighted by Gasteiger charge is -2.18. The molecular formula is C27H27NO6. The molecule has 0 saturated carbocycles. The van der Waals surface area contributed by atoms with Crippen LogP contribution in [0.15, 0.2) is 66.7 Å². The Morgan fingerprint density at radius 3 is 2.18 bits per heavy atom. The van der Waals surface area contributed by atoms with Crippen molar-refractivity contribution in [3.05, 3.63) is 83.4 Å². The molecule has 0 heterocycles. The lowest BCUT2D eigenvalue weighted by molar-refractivity contribution is -0.139. The average Bonchev–Trinajstić information content (AvgIpc) is 3.18. The Balaban J connectivity index is 1.38. The third-order valence-corrected chi connectivity index (χ3v) is 6.13. The normalized spacial score (nSPS) is 12.9. The number of methoxy groups -OCH3 is 2. The Kier molecular flexibility index (Phi) is 7.01. The minimum Gasteiger partial charge on any atom is -0.497 e. The molecule has 2 N–H and O–H groups in total. The van der Waals surface area contributed by atoms with Crippen LogP contribution in [0.4, 0.5) is 4.79 Å². The number of carboxylic acids is 1. The highest BCUT2D eigenvalue weighted by atomic mass is 16.5. The monoisotopic (exact) mass is 461 g/mol. The Labute approximate surface area is 198 Å². The summed E-state index contributed by atoms with van der Waals surface area (Å²) in [5.74, 6) is 0.0303. The maximum absolute atomic E-state index is 12.5. The average molecular weight is 462 g/mol. The minimum atomic E-state index is -1.12. The van der Waals surface area contributed by atoms with Gasteiger partial charge >= 0.3 is 12.1 Å². The number of alkyl carbamates (subject to hydrolysis) is 1. The van der Waals surface area contributed by atoms with Crippen molar-refractivity contribution in [2.75, 3.05) is 20.8 Å². The third kappa shape index (κ3) is 4.83. The molecule has 1 aliphatic carbocycles. The zero-order chi connectivity index (χ0) is 24.1. The molecule has 7 heteroatoms. The number of benzene rings is 3. The molecule has 7 nitrogen and oxygen atoms in total. The first-order chi connectivity index (χ1) is 16.5. The number of nitrogens with one attached hydrogen (secondary N) is 1. The number of hydrogen-bond donors (Lipinski definition) is 2. The lowest BCUT2D eigenvalue weighted by Crippen LogP contribution is -2.41. The fraction of sp³-hybridized carbons (Fsp3) is 0.259. The maximum Gasteiger partial charge on any atom is 0.407 e. The predicted molar refractivity (Wildman–Crippen MR) is 127 cm³/mol. The number of carbonyl (C=O) groups excluding carboxylic acids is 1. The molecule has 34 heavy (non-hydrogen) atoms. The zero-order valence-corrected chi connectivity index (χ0v) is 19.1. The number of aryl methyl sites for hydroxylation is 1. The predicted octanol–water partition coefficient (Wildman–Crippen LogP) is 4.63. The topological polar surface area (TPSA) is 94.1 Å². The molecule has 3 aromatic carbocycles. The van der Waals surface area contributed by atoms with Crippen LogP contribution in [-0.4, -0.2) is 44.0 Å². The van der Waals surface area contributed by atoms with Crippen molar-refractivity contribution in [3.8, 4) is 22.6 Å². The number of ether oxygens (including phenoxy) is 3. The second kappa shape index (κ2) is 10.3. The molecule has 0 bridgehead atoms. The van der Waals surface area contributed by atoms with Crippen LogP contribution in [0.2, 0.25) is 0 Å². The van der Waals surface area contributed by atoms with Crippen LogP contribution in [0, 0.1) is 0 Å². The minimum absolute atomic E-state index is 0.0926. The highest BCUT2D eigenvalue weighted by Gasteiger charge is 2.29. The zero-order valence-electron chi connectivity index (χ0n) is 19.1. The van der Waals surface area contributed by atoms with Crippen molar-refractivity contribution >= 4 is 12.1 Å². The smallest absolute Gasteiger partial charge is 0.407 e. The molecule has 1 atom stereocenters. The van der Waals surface area contributed by atoms with Gasteiger partial charge in [0, 0.05) is 12.0 Å². The van der Waals surface area contributed by atoms with Gasteiger partial charge in [0.05, 0.1) is 14.2 Å². The molecule has 1 aliphatic rings. The highest BCUT2D eigenvalue weighted by molar-refractivity contribution is 5.81. The van der Waals surface area contributed by atoms with Crippen LogP contribution in [0.1, 0.15) is 29.0 Å². The van der Waals surface area contributed by atoms with Crippen molar-refractivity contribution in [2.24, 2.45) is 0 Å².